The first-order valence-electron chi connectivity index (χ1n) is 20.4. The van der Waals surface area contributed by atoms with Gasteiger partial charge in [0.1, 0.15) is 11.2 Å². The van der Waals surface area contributed by atoms with Crippen LogP contribution < -0.4 is 0 Å². The van der Waals surface area contributed by atoms with Gasteiger partial charge in [-0.3, -0.25) is 0 Å². The summed E-state index contributed by atoms with van der Waals surface area (Å²) in [4.78, 5) is 30.7. The van der Waals surface area contributed by atoms with Gasteiger partial charge in [0, 0.05) is 64.3 Å². The molecule has 0 fully saturated rings. The lowest BCUT2D eigenvalue weighted by Crippen LogP contribution is -2.00. The minimum absolute atomic E-state index is 0.582. The number of aromatic nitrogens is 6. The molecular formula is C54H32N6OS. The van der Waals surface area contributed by atoms with E-state index in [1.807, 2.05) is 97.1 Å². The van der Waals surface area contributed by atoms with Crippen LogP contribution in [0.3, 0.4) is 0 Å². The number of rotatable bonds is 7. The summed E-state index contributed by atoms with van der Waals surface area (Å²) in [6.07, 6.45) is 0. The fourth-order valence-electron chi connectivity index (χ4n) is 8.26. The maximum absolute atomic E-state index is 6.26. The van der Waals surface area contributed by atoms with E-state index in [0.29, 0.717) is 34.9 Å². The Kier molecular flexibility index (Phi) is 8.53. The van der Waals surface area contributed by atoms with Crippen LogP contribution in [0.5, 0.6) is 0 Å². The second-order valence-electron chi connectivity index (χ2n) is 15.1. The van der Waals surface area contributed by atoms with Crippen molar-refractivity contribution in [2.75, 3.05) is 0 Å². The Morgan fingerprint density at radius 1 is 0.290 bits per heavy atom. The van der Waals surface area contributed by atoms with Crippen molar-refractivity contribution >= 4 is 53.4 Å². The standard InChI is InChI=1S/C54H32N6OS/c1-4-15-33(16-5-1)36-21-12-22-37(31-36)51-55-49(34-17-6-2-7-18-34)58-54(59-51)42-25-14-28-45-48(42)40-30-29-38(32-46(40)62-45)52-56-50(35-19-8-3-9-20-35)57-53(60-52)41-24-13-27-44-47(41)39-23-10-11-26-43(39)61-44/h1-32H. The molecule has 0 bridgehead atoms. The van der Waals surface area contributed by atoms with Crippen LogP contribution in [-0.2, 0) is 0 Å². The molecule has 12 aromatic rings. The number of benzene rings is 8. The Hall–Kier alpha value is -8.20. The molecule has 0 saturated carbocycles. The summed E-state index contributed by atoms with van der Waals surface area (Å²) in [7, 11) is 0. The highest BCUT2D eigenvalue weighted by Crippen LogP contribution is 2.42. The molecule has 62 heavy (non-hydrogen) atoms. The third-order valence-corrected chi connectivity index (χ3v) is 12.3. The molecule has 4 aromatic heterocycles. The molecular weight excluding hydrogens is 781 g/mol. The quantitative estimate of drug-likeness (QED) is 0.158. The van der Waals surface area contributed by atoms with Gasteiger partial charge in [-0.05, 0) is 41.5 Å². The summed E-state index contributed by atoms with van der Waals surface area (Å²) in [5, 5.41) is 4.19. The number of nitrogens with zero attached hydrogens (tertiary/aromatic N) is 6. The highest BCUT2D eigenvalue weighted by Gasteiger charge is 2.20. The number of hydrogen-bond donors (Lipinski definition) is 0. The van der Waals surface area contributed by atoms with Crippen molar-refractivity contribution in [2.45, 2.75) is 0 Å². The first kappa shape index (κ1) is 35.7. The smallest absolute Gasteiger partial charge is 0.164 e. The highest BCUT2D eigenvalue weighted by atomic mass is 32.1. The minimum Gasteiger partial charge on any atom is -0.456 e. The molecule has 12 rings (SSSR count). The van der Waals surface area contributed by atoms with Gasteiger partial charge in [0.25, 0.3) is 0 Å². The third kappa shape index (κ3) is 6.29. The summed E-state index contributed by atoms with van der Waals surface area (Å²) in [6.45, 7) is 0. The minimum atomic E-state index is 0.582. The Morgan fingerprint density at radius 2 is 0.774 bits per heavy atom. The predicted octanol–water partition coefficient (Wildman–Crippen LogP) is 14.0. The van der Waals surface area contributed by atoms with Gasteiger partial charge in [0.05, 0.1) is 0 Å². The fraction of sp³-hybridized carbons (Fsp3) is 0. The van der Waals surface area contributed by atoms with Gasteiger partial charge in [-0.1, -0.05) is 164 Å². The van der Waals surface area contributed by atoms with Crippen LogP contribution in [0.4, 0.5) is 0 Å². The van der Waals surface area contributed by atoms with E-state index >= 15 is 0 Å². The lowest BCUT2D eigenvalue weighted by Gasteiger charge is -2.11. The summed E-state index contributed by atoms with van der Waals surface area (Å²) < 4.78 is 8.49. The Balaban J connectivity index is 1.01. The number of hydrogen-bond acceptors (Lipinski definition) is 8. The first-order valence-corrected chi connectivity index (χ1v) is 21.2. The van der Waals surface area contributed by atoms with Crippen LogP contribution in [0.25, 0.3) is 122 Å². The molecule has 0 atom stereocenters. The average molecular weight is 813 g/mol. The molecule has 0 saturated heterocycles. The van der Waals surface area contributed by atoms with E-state index in [1.54, 1.807) is 11.3 Å². The number of fused-ring (bicyclic) bond motifs is 6. The van der Waals surface area contributed by atoms with Crippen LogP contribution in [0.15, 0.2) is 199 Å². The van der Waals surface area contributed by atoms with Crippen LogP contribution in [0, 0.1) is 0 Å². The fourth-order valence-corrected chi connectivity index (χ4v) is 9.44. The van der Waals surface area contributed by atoms with Crippen molar-refractivity contribution < 1.29 is 4.42 Å². The largest absolute Gasteiger partial charge is 0.456 e. The van der Waals surface area contributed by atoms with Gasteiger partial charge < -0.3 is 4.42 Å². The summed E-state index contributed by atoms with van der Waals surface area (Å²) >= 11 is 1.73. The lowest BCUT2D eigenvalue weighted by atomic mass is 10.0. The topological polar surface area (TPSA) is 90.5 Å². The predicted molar refractivity (Wildman–Crippen MR) is 251 cm³/mol. The van der Waals surface area contributed by atoms with Crippen molar-refractivity contribution in [2.24, 2.45) is 0 Å². The van der Waals surface area contributed by atoms with E-state index in [2.05, 4.69) is 97.1 Å². The maximum Gasteiger partial charge on any atom is 0.164 e. The van der Waals surface area contributed by atoms with Crippen molar-refractivity contribution in [1.29, 1.82) is 0 Å². The van der Waals surface area contributed by atoms with E-state index in [1.165, 1.54) is 0 Å². The van der Waals surface area contributed by atoms with Crippen molar-refractivity contribution in [1.82, 2.24) is 29.9 Å². The van der Waals surface area contributed by atoms with E-state index < -0.39 is 0 Å². The maximum atomic E-state index is 6.26. The van der Waals surface area contributed by atoms with Crippen LogP contribution in [0.1, 0.15) is 0 Å². The number of para-hydroxylation sites is 1. The van der Waals surface area contributed by atoms with E-state index in [-0.39, 0.29) is 0 Å². The second kappa shape index (κ2) is 14.8. The molecule has 0 aliphatic carbocycles. The van der Waals surface area contributed by atoms with Crippen LogP contribution in [-0.4, -0.2) is 29.9 Å². The molecule has 0 spiro atoms. The molecule has 0 N–H and O–H groups in total. The molecule has 0 aliphatic rings. The van der Waals surface area contributed by atoms with Crippen molar-refractivity contribution in [3.8, 4) is 79.5 Å². The third-order valence-electron chi connectivity index (χ3n) is 11.2. The zero-order chi connectivity index (χ0) is 41.0. The second-order valence-corrected chi connectivity index (χ2v) is 16.1. The zero-order valence-corrected chi connectivity index (χ0v) is 33.8. The lowest BCUT2D eigenvalue weighted by molar-refractivity contribution is 0.669. The molecule has 8 heteroatoms. The SMILES string of the molecule is c1ccc(-c2cccc(-c3nc(-c4ccccc4)nc(-c4cccc5sc6cc(-c7nc(-c8ccccc8)nc(-c8cccc9oc%10ccccc%10c89)n7)ccc6c45)n3)c2)cc1. The van der Waals surface area contributed by atoms with Crippen molar-refractivity contribution in [3.63, 3.8) is 0 Å². The van der Waals surface area contributed by atoms with Gasteiger partial charge in [-0.2, -0.15) is 0 Å². The van der Waals surface area contributed by atoms with Gasteiger partial charge >= 0.3 is 0 Å². The summed E-state index contributed by atoms with van der Waals surface area (Å²) in [5.41, 5.74) is 9.32. The number of furan rings is 1. The summed E-state index contributed by atoms with van der Waals surface area (Å²) in [5.74, 6) is 3.62. The van der Waals surface area contributed by atoms with E-state index in [9.17, 15) is 0 Å². The monoisotopic (exact) mass is 812 g/mol. The van der Waals surface area contributed by atoms with Gasteiger partial charge in [-0.15, -0.1) is 11.3 Å². The molecule has 0 aliphatic heterocycles. The van der Waals surface area contributed by atoms with Crippen LogP contribution in [0.2, 0.25) is 0 Å². The highest BCUT2D eigenvalue weighted by molar-refractivity contribution is 7.26. The molecule has 0 radical (unpaired) electrons. The zero-order valence-electron chi connectivity index (χ0n) is 33.0. The van der Waals surface area contributed by atoms with Gasteiger partial charge in [0.15, 0.2) is 34.9 Å². The average Bonchev–Trinajstić information content (AvgIpc) is 3.93. The van der Waals surface area contributed by atoms with Crippen molar-refractivity contribution in [3.05, 3.63) is 194 Å². The van der Waals surface area contributed by atoms with E-state index in [0.717, 1.165) is 86.6 Å². The molecule has 290 valence electrons. The van der Waals surface area contributed by atoms with E-state index in [4.69, 9.17) is 34.3 Å². The van der Waals surface area contributed by atoms with Gasteiger partial charge in [0.2, 0.25) is 0 Å². The summed E-state index contributed by atoms with van der Waals surface area (Å²) in [6, 6.07) is 65.9. The molecule has 4 heterocycles. The first-order chi connectivity index (χ1) is 30.7. The molecule has 0 amide bonds. The Morgan fingerprint density at radius 3 is 1.45 bits per heavy atom. The molecule has 0 unspecified atom stereocenters. The normalized spacial score (nSPS) is 11.5. The van der Waals surface area contributed by atoms with Gasteiger partial charge in [-0.25, -0.2) is 29.9 Å². The molecule has 7 nitrogen and oxygen atoms in total. The Labute approximate surface area is 359 Å². The Bertz CT molecular complexity index is 3640. The molecule has 8 aromatic carbocycles. The van der Waals surface area contributed by atoms with Crippen LogP contribution >= 0.6 is 11.3 Å². The number of thiophene rings is 1.